The molecule has 2 rings (SSSR count). The van der Waals surface area contributed by atoms with E-state index in [1.807, 2.05) is 0 Å². The maximum absolute atomic E-state index is 11.3. The van der Waals surface area contributed by atoms with E-state index < -0.39 is 99.7 Å². The summed E-state index contributed by atoms with van der Waals surface area (Å²) in [5, 5.41) is 29.4. The van der Waals surface area contributed by atoms with Gasteiger partial charge in [0.05, 0.1) is 13.2 Å². The Morgan fingerprint density at radius 3 is 1.76 bits per heavy atom. The molecule has 0 bridgehead atoms. The molecule has 0 aromatic rings. The smallest absolute Gasteiger partial charge is 0.394 e. The van der Waals surface area contributed by atoms with Crippen molar-refractivity contribution in [3.8, 4) is 0 Å². The zero-order chi connectivity index (χ0) is 26.1. The van der Waals surface area contributed by atoms with E-state index in [-0.39, 0.29) is 0 Å². The first kappa shape index (κ1) is 29.6. The van der Waals surface area contributed by atoms with Crippen LogP contribution in [0, 0.1) is 0 Å². The number of hydrogen-bond acceptors (Lipinski definition) is 16. The second-order valence-electron chi connectivity index (χ2n) is 6.78. The average molecular weight is 566 g/mol. The molecular formula is C12H22O19S3. The van der Waals surface area contributed by atoms with E-state index in [1.165, 1.54) is 0 Å². The van der Waals surface area contributed by atoms with E-state index in [9.17, 15) is 40.6 Å². The summed E-state index contributed by atoms with van der Waals surface area (Å²) in [6.07, 6.45) is -18.1. The Labute approximate surface area is 192 Å². The Balaban J connectivity index is 2.43. The van der Waals surface area contributed by atoms with E-state index in [2.05, 4.69) is 12.5 Å². The summed E-state index contributed by atoms with van der Waals surface area (Å²) >= 11 is 0. The van der Waals surface area contributed by atoms with Crippen LogP contribution in [0.5, 0.6) is 0 Å². The summed E-state index contributed by atoms with van der Waals surface area (Å²) in [6, 6.07) is 0. The number of aliphatic hydroxyl groups is 3. The minimum absolute atomic E-state index is 0.759. The highest BCUT2D eigenvalue weighted by atomic mass is 32.3. The molecule has 2 aliphatic heterocycles. The topological polar surface area (TPSA) is 288 Å². The number of ether oxygens (including phenoxy) is 4. The van der Waals surface area contributed by atoms with Gasteiger partial charge in [-0.25, -0.2) is 12.5 Å². The predicted octanol–water partition coefficient (Wildman–Crippen LogP) is -4.62. The summed E-state index contributed by atoms with van der Waals surface area (Å²) in [4.78, 5) is 0. The van der Waals surface area contributed by atoms with Gasteiger partial charge in [-0.05, 0) is 0 Å². The highest BCUT2D eigenvalue weighted by molar-refractivity contribution is 7.81. The lowest BCUT2D eigenvalue weighted by molar-refractivity contribution is -0.334. The standard InChI is InChI=1S/C12H22O19S3/c1-25-11-10(31-34(22,23)24)8(29-32(16,17)18)5(3-26-11)28-12-9(30-33(19,20)21)7(15)6(14)4(2-13)27-12/h4-15H,2-3H2,1H3,(H,16,17,18)(H,19,20,21)(H,22,23,24)/t4-,5-,6+,7+,8+,9-,10-,11-,12-/m1/s1. The largest absolute Gasteiger partial charge is 0.397 e. The van der Waals surface area contributed by atoms with Crippen LogP contribution in [0.15, 0.2) is 0 Å². The second kappa shape index (κ2) is 11.2. The first-order valence-corrected chi connectivity index (χ1v) is 12.9. The summed E-state index contributed by atoms with van der Waals surface area (Å²) < 4.78 is 128. The third-order valence-electron chi connectivity index (χ3n) is 4.45. The van der Waals surface area contributed by atoms with Gasteiger partial charge in [-0.3, -0.25) is 13.7 Å². The quantitative estimate of drug-likeness (QED) is 0.135. The minimum atomic E-state index is -5.38. The number of rotatable bonds is 10. The summed E-state index contributed by atoms with van der Waals surface area (Å²) in [5.41, 5.74) is 0. The van der Waals surface area contributed by atoms with E-state index in [1.54, 1.807) is 0 Å². The molecule has 2 fully saturated rings. The van der Waals surface area contributed by atoms with Gasteiger partial charge in [0.15, 0.2) is 24.8 Å². The molecule has 0 unspecified atom stereocenters. The van der Waals surface area contributed by atoms with E-state index in [4.69, 9.17) is 32.6 Å². The van der Waals surface area contributed by atoms with Gasteiger partial charge < -0.3 is 34.3 Å². The van der Waals surface area contributed by atoms with Gasteiger partial charge in [0, 0.05) is 7.11 Å². The molecule has 6 N–H and O–H groups in total. The van der Waals surface area contributed by atoms with Crippen LogP contribution in [-0.4, -0.2) is 130 Å². The molecule has 19 nitrogen and oxygen atoms in total. The van der Waals surface area contributed by atoms with Crippen LogP contribution >= 0.6 is 0 Å². The van der Waals surface area contributed by atoms with Gasteiger partial charge in [0.2, 0.25) is 0 Å². The molecule has 9 atom stereocenters. The van der Waals surface area contributed by atoms with Crippen LogP contribution < -0.4 is 0 Å². The van der Waals surface area contributed by atoms with E-state index >= 15 is 0 Å². The maximum Gasteiger partial charge on any atom is 0.397 e. The molecule has 0 spiro atoms. The molecular weight excluding hydrogens is 544 g/mol. The van der Waals surface area contributed by atoms with Crippen molar-refractivity contribution in [2.75, 3.05) is 20.3 Å². The Bertz CT molecular complexity index is 994. The van der Waals surface area contributed by atoms with E-state index in [0.717, 1.165) is 7.11 Å². The lowest BCUT2D eigenvalue weighted by Crippen LogP contribution is -2.63. The fourth-order valence-corrected chi connectivity index (χ4v) is 4.62. The van der Waals surface area contributed by atoms with Gasteiger partial charge in [0.25, 0.3) is 0 Å². The zero-order valence-corrected chi connectivity index (χ0v) is 19.3. The van der Waals surface area contributed by atoms with E-state index in [0.29, 0.717) is 0 Å². The molecule has 202 valence electrons. The molecule has 0 aliphatic carbocycles. The fraction of sp³-hybridized carbons (Fsp3) is 1.00. The molecule has 22 heteroatoms. The van der Waals surface area contributed by atoms with Crippen molar-refractivity contribution < 1.29 is 85.7 Å². The monoisotopic (exact) mass is 566 g/mol. The highest BCUT2D eigenvalue weighted by Gasteiger charge is 2.53. The molecule has 0 aromatic carbocycles. The zero-order valence-electron chi connectivity index (χ0n) is 16.8. The highest BCUT2D eigenvalue weighted by Crippen LogP contribution is 2.31. The lowest BCUT2D eigenvalue weighted by Gasteiger charge is -2.44. The number of methoxy groups -OCH3 is 1. The van der Waals surface area contributed by atoms with Crippen molar-refractivity contribution in [1.82, 2.24) is 0 Å². The van der Waals surface area contributed by atoms with Gasteiger partial charge in [0.1, 0.15) is 30.5 Å². The van der Waals surface area contributed by atoms with Crippen molar-refractivity contribution in [3.63, 3.8) is 0 Å². The number of aliphatic hydroxyl groups excluding tert-OH is 3. The molecule has 0 radical (unpaired) electrons. The van der Waals surface area contributed by atoms with Crippen molar-refractivity contribution in [2.45, 2.75) is 55.3 Å². The van der Waals surface area contributed by atoms with Gasteiger partial charge in [-0.15, -0.1) is 0 Å². The van der Waals surface area contributed by atoms with Crippen LogP contribution in [0.3, 0.4) is 0 Å². The summed E-state index contributed by atoms with van der Waals surface area (Å²) in [5.74, 6) is 0. The van der Waals surface area contributed by atoms with Crippen molar-refractivity contribution in [2.24, 2.45) is 0 Å². The number of hydrogen-bond donors (Lipinski definition) is 6. The van der Waals surface area contributed by atoms with Gasteiger partial charge in [-0.2, -0.15) is 25.3 Å². The predicted molar refractivity (Wildman–Crippen MR) is 98.6 cm³/mol. The van der Waals surface area contributed by atoms with Crippen molar-refractivity contribution >= 4 is 31.2 Å². The Kier molecular flexibility index (Phi) is 9.70. The van der Waals surface area contributed by atoms with Crippen LogP contribution in [0.1, 0.15) is 0 Å². The average Bonchev–Trinajstić information content (AvgIpc) is 2.67. The SMILES string of the molecule is CO[C@@H]1OC[C@@H](O[C@H]2O[C@H](CO)[C@H](O)[C@H](O)[C@H]2OS(=O)(=O)O)[C@H](OS(=O)(=O)O)[C@H]1OS(=O)(=O)O. The van der Waals surface area contributed by atoms with Crippen LogP contribution in [0.4, 0.5) is 0 Å². The minimum Gasteiger partial charge on any atom is -0.394 e. The molecule has 2 saturated heterocycles. The van der Waals surface area contributed by atoms with Crippen molar-refractivity contribution in [3.05, 3.63) is 0 Å². The maximum atomic E-state index is 11.3. The van der Waals surface area contributed by atoms with Crippen molar-refractivity contribution in [1.29, 1.82) is 0 Å². The van der Waals surface area contributed by atoms with Crippen LogP contribution in [0.2, 0.25) is 0 Å². The molecule has 2 heterocycles. The Hall–Kier alpha value is -0.670. The Morgan fingerprint density at radius 1 is 0.794 bits per heavy atom. The molecule has 0 saturated carbocycles. The summed E-state index contributed by atoms with van der Waals surface area (Å²) in [6.45, 7) is -1.71. The fourth-order valence-electron chi connectivity index (χ4n) is 3.14. The normalized spacial score (nSPS) is 38.0. The molecule has 34 heavy (non-hydrogen) atoms. The Morgan fingerprint density at radius 2 is 1.29 bits per heavy atom. The van der Waals surface area contributed by atoms with Gasteiger partial charge >= 0.3 is 31.2 Å². The summed E-state index contributed by atoms with van der Waals surface area (Å²) in [7, 11) is -15.1. The first-order valence-electron chi connectivity index (χ1n) is 8.85. The van der Waals surface area contributed by atoms with Crippen LogP contribution in [-0.2, 0) is 62.7 Å². The molecule has 0 amide bonds. The first-order chi connectivity index (χ1) is 15.5. The molecule has 2 aliphatic rings. The van der Waals surface area contributed by atoms with Crippen LogP contribution in [0.25, 0.3) is 0 Å². The third kappa shape index (κ3) is 8.19. The third-order valence-corrected chi connectivity index (χ3v) is 5.84. The second-order valence-corrected chi connectivity index (χ2v) is 9.93. The molecule has 0 aromatic heterocycles. The van der Waals surface area contributed by atoms with Gasteiger partial charge in [-0.1, -0.05) is 0 Å². The lowest BCUT2D eigenvalue weighted by atomic mass is 9.99.